The summed E-state index contributed by atoms with van der Waals surface area (Å²) in [4.78, 5) is 0. The maximum Gasteiger partial charge on any atom is 0.170 e. The average molecular weight is 278 g/mol. The van der Waals surface area contributed by atoms with Gasteiger partial charge in [0, 0.05) is 11.1 Å². The molecule has 3 N–H and O–H groups in total. The molecule has 106 valence electrons. The highest BCUT2D eigenvalue weighted by atomic mass is 19.1. The van der Waals surface area contributed by atoms with E-state index in [-0.39, 0.29) is 16.9 Å². The average Bonchev–Trinajstić information content (AvgIpc) is 2.43. The van der Waals surface area contributed by atoms with Gasteiger partial charge in [-0.25, -0.2) is 14.2 Å². The molecule has 0 bridgehead atoms. The maximum absolute atomic E-state index is 14.3. The first-order valence-electron chi connectivity index (χ1n) is 6.13. The van der Waals surface area contributed by atoms with Gasteiger partial charge in [0.05, 0.1) is 13.2 Å². The lowest BCUT2D eigenvalue weighted by atomic mass is 9.97. The molecule has 0 aliphatic heterocycles. The van der Waals surface area contributed by atoms with Gasteiger partial charge in [0.25, 0.3) is 0 Å². The molecule has 1 unspecified atom stereocenters. The lowest BCUT2D eigenvalue weighted by Crippen LogP contribution is -2.30. The molecule has 1 atom stereocenters. The van der Waals surface area contributed by atoms with Gasteiger partial charge in [-0.15, -0.1) is 0 Å². The molecule has 0 saturated heterocycles. The van der Waals surface area contributed by atoms with Gasteiger partial charge in [0.15, 0.2) is 11.6 Å². The molecule has 0 aliphatic carbocycles. The summed E-state index contributed by atoms with van der Waals surface area (Å²) in [5, 5.41) is 0. The zero-order valence-corrected chi connectivity index (χ0v) is 11.3. The van der Waals surface area contributed by atoms with Crippen LogP contribution in [-0.4, -0.2) is 7.11 Å². The predicted molar refractivity (Wildman–Crippen MR) is 73.3 cm³/mol. The number of hydrogen-bond donors (Lipinski definition) is 2. The summed E-state index contributed by atoms with van der Waals surface area (Å²) >= 11 is 0. The highest BCUT2D eigenvalue weighted by Crippen LogP contribution is 2.30. The minimum absolute atomic E-state index is 0.0928. The summed E-state index contributed by atoms with van der Waals surface area (Å²) in [5.74, 6) is 4.58. The van der Waals surface area contributed by atoms with E-state index in [1.807, 2.05) is 0 Å². The van der Waals surface area contributed by atoms with Crippen LogP contribution in [-0.2, 0) is 0 Å². The summed E-state index contributed by atoms with van der Waals surface area (Å²) in [5.41, 5.74) is 3.75. The third-order valence-corrected chi connectivity index (χ3v) is 3.16. The second-order valence-corrected chi connectivity index (χ2v) is 4.49. The molecule has 2 rings (SSSR count). The summed E-state index contributed by atoms with van der Waals surface area (Å²) in [6.45, 7) is 1.78. The fourth-order valence-corrected chi connectivity index (χ4v) is 2.12. The van der Waals surface area contributed by atoms with Crippen molar-refractivity contribution in [2.45, 2.75) is 13.0 Å². The van der Waals surface area contributed by atoms with Crippen LogP contribution in [0.5, 0.6) is 5.75 Å². The van der Waals surface area contributed by atoms with E-state index < -0.39 is 17.7 Å². The van der Waals surface area contributed by atoms with Crippen molar-refractivity contribution < 1.29 is 13.5 Å². The summed E-state index contributed by atoms with van der Waals surface area (Å²) < 4.78 is 33.2. The fourth-order valence-electron chi connectivity index (χ4n) is 2.12. The van der Waals surface area contributed by atoms with Gasteiger partial charge in [-0.3, -0.25) is 5.84 Å². The molecule has 0 aromatic heterocycles. The van der Waals surface area contributed by atoms with Crippen LogP contribution in [0.15, 0.2) is 36.4 Å². The second-order valence-electron chi connectivity index (χ2n) is 4.49. The molecule has 2 aromatic rings. The van der Waals surface area contributed by atoms with Crippen molar-refractivity contribution in [1.29, 1.82) is 0 Å². The number of rotatable bonds is 4. The van der Waals surface area contributed by atoms with Crippen molar-refractivity contribution in [3.8, 4) is 5.75 Å². The summed E-state index contributed by atoms with van der Waals surface area (Å²) in [7, 11) is 1.37. The van der Waals surface area contributed by atoms with Gasteiger partial charge in [0.1, 0.15) is 5.82 Å². The van der Waals surface area contributed by atoms with Crippen LogP contribution in [0.4, 0.5) is 8.78 Å². The monoisotopic (exact) mass is 278 g/mol. The van der Waals surface area contributed by atoms with E-state index in [2.05, 4.69) is 5.43 Å². The number of ether oxygens (including phenoxy) is 1. The van der Waals surface area contributed by atoms with Crippen molar-refractivity contribution in [1.82, 2.24) is 5.43 Å². The molecule has 20 heavy (non-hydrogen) atoms. The number of nitrogens with two attached hydrogens (primary N) is 1. The molecule has 0 heterocycles. The smallest absolute Gasteiger partial charge is 0.170 e. The van der Waals surface area contributed by atoms with E-state index >= 15 is 0 Å². The Morgan fingerprint density at radius 1 is 1.15 bits per heavy atom. The van der Waals surface area contributed by atoms with Crippen LogP contribution in [0.3, 0.4) is 0 Å². The van der Waals surface area contributed by atoms with Crippen molar-refractivity contribution in [2.75, 3.05) is 7.11 Å². The molecule has 0 spiro atoms. The van der Waals surface area contributed by atoms with Crippen LogP contribution in [0.1, 0.15) is 22.7 Å². The Kier molecular flexibility index (Phi) is 4.32. The Labute approximate surface area is 116 Å². The Bertz CT molecular complexity index is 617. The minimum Gasteiger partial charge on any atom is -0.494 e. The summed E-state index contributed by atoms with van der Waals surface area (Å²) in [6, 6.07) is 8.62. The van der Waals surface area contributed by atoms with E-state index in [0.29, 0.717) is 0 Å². The highest BCUT2D eigenvalue weighted by Gasteiger charge is 2.21. The molecule has 5 heteroatoms. The molecule has 3 nitrogen and oxygen atoms in total. The quantitative estimate of drug-likeness (QED) is 0.668. The topological polar surface area (TPSA) is 47.3 Å². The second kappa shape index (κ2) is 5.98. The van der Waals surface area contributed by atoms with Crippen LogP contribution < -0.4 is 16.0 Å². The fraction of sp³-hybridized carbons (Fsp3) is 0.200. The lowest BCUT2D eigenvalue weighted by Gasteiger charge is -2.19. The van der Waals surface area contributed by atoms with Crippen molar-refractivity contribution in [3.63, 3.8) is 0 Å². The van der Waals surface area contributed by atoms with Gasteiger partial charge in [-0.05, 0) is 24.6 Å². The number of methoxy groups -OCH3 is 1. The van der Waals surface area contributed by atoms with E-state index in [0.717, 1.165) is 5.56 Å². The van der Waals surface area contributed by atoms with Crippen LogP contribution in [0.25, 0.3) is 0 Å². The Hall–Kier alpha value is -1.98. The van der Waals surface area contributed by atoms with Crippen LogP contribution >= 0.6 is 0 Å². The van der Waals surface area contributed by atoms with E-state index in [1.54, 1.807) is 31.2 Å². The first kappa shape index (κ1) is 14.4. The van der Waals surface area contributed by atoms with Gasteiger partial charge in [-0.2, -0.15) is 0 Å². The van der Waals surface area contributed by atoms with Crippen LogP contribution in [0, 0.1) is 18.6 Å². The molecular weight excluding hydrogens is 262 g/mol. The number of hydrazine groups is 1. The molecule has 0 radical (unpaired) electrons. The molecule has 0 fully saturated rings. The SMILES string of the molecule is COc1cccc(C(NN)c2ccc(C)cc2F)c1F. The first-order valence-corrected chi connectivity index (χ1v) is 6.13. The molecule has 0 aliphatic rings. The normalized spacial score (nSPS) is 12.2. The first-order chi connectivity index (χ1) is 9.58. The van der Waals surface area contributed by atoms with Gasteiger partial charge in [-0.1, -0.05) is 24.3 Å². The van der Waals surface area contributed by atoms with Gasteiger partial charge >= 0.3 is 0 Å². The molecule has 2 aromatic carbocycles. The Balaban J connectivity index is 2.52. The zero-order valence-electron chi connectivity index (χ0n) is 11.3. The van der Waals surface area contributed by atoms with Crippen molar-refractivity contribution in [2.24, 2.45) is 5.84 Å². The predicted octanol–water partition coefficient (Wildman–Crippen LogP) is 2.83. The zero-order chi connectivity index (χ0) is 14.7. The van der Waals surface area contributed by atoms with Crippen molar-refractivity contribution >= 4 is 0 Å². The van der Waals surface area contributed by atoms with Gasteiger partial charge in [0.2, 0.25) is 0 Å². The number of benzene rings is 2. The summed E-state index contributed by atoms with van der Waals surface area (Å²) in [6.07, 6.45) is 0. The standard InChI is InChI=1S/C15H16F2N2O/c1-9-6-7-10(12(16)8-9)15(19-18)11-4-3-5-13(20-2)14(11)17/h3-8,15,19H,18H2,1-2H3. The maximum atomic E-state index is 14.3. The largest absolute Gasteiger partial charge is 0.494 e. The minimum atomic E-state index is -0.786. The highest BCUT2D eigenvalue weighted by molar-refractivity contribution is 5.39. The third kappa shape index (κ3) is 2.64. The lowest BCUT2D eigenvalue weighted by molar-refractivity contribution is 0.381. The Morgan fingerprint density at radius 2 is 1.90 bits per heavy atom. The molecule has 0 amide bonds. The van der Waals surface area contributed by atoms with Crippen LogP contribution in [0.2, 0.25) is 0 Å². The molecular formula is C15H16F2N2O. The van der Waals surface area contributed by atoms with E-state index in [1.165, 1.54) is 19.2 Å². The van der Waals surface area contributed by atoms with E-state index in [9.17, 15) is 8.78 Å². The third-order valence-electron chi connectivity index (χ3n) is 3.16. The molecule has 0 saturated carbocycles. The number of halogens is 2. The van der Waals surface area contributed by atoms with E-state index in [4.69, 9.17) is 10.6 Å². The number of nitrogens with one attached hydrogen (secondary N) is 1. The number of hydrogen-bond acceptors (Lipinski definition) is 3. The number of aryl methyl sites for hydroxylation is 1. The van der Waals surface area contributed by atoms with Gasteiger partial charge < -0.3 is 4.74 Å². The Morgan fingerprint density at radius 3 is 2.50 bits per heavy atom. The van der Waals surface area contributed by atoms with Crippen molar-refractivity contribution in [3.05, 3.63) is 64.7 Å².